The van der Waals surface area contributed by atoms with E-state index in [9.17, 15) is 0 Å². The monoisotopic (exact) mass is 391 g/mol. The van der Waals surface area contributed by atoms with Gasteiger partial charge in [0, 0.05) is 17.9 Å². The molecule has 1 unspecified atom stereocenters. The van der Waals surface area contributed by atoms with Crippen LogP contribution in [0.3, 0.4) is 0 Å². The molecule has 3 rings (SSSR count). The van der Waals surface area contributed by atoms with Crippen LogP contribution in [0.25, 0.3) is 6.08 Å². The summed E-state index contributed by atoms with van der Waals surface area (Å²) in [5.74, 6) is 0.897. The number of benzene rings is 2. The second kappa shape index (κ2) is 8.75. The molecule has 0 bridgehead atoms. The Morgan fingerprint density at radius 1 is 1.21 bits per heavy atom. The zero-order valence-corrected chi connectivity index (χ0v) is 18.3. The summed E-state index contributed by atoms with van der Waals surface area (Å²) in [4.78, 5) is 2.14. The number of likely N-dealkylation sites (N-methyl/N-ethyl adjacent to an activating group) is 1. The fourth-order valence-corrected chi connectivity index (χ4v) is 3.32. The van der Waals surface area contributed by atoms with Gasteiger partial charge >= 0.3 is 0 Å². The number of ether oxygens (including phenoxy) is 1. The summed E-state index contributed by atoms with van der Waals surface area (Å²) in [5.41, 5.74) is 5.51. The topological polar surface area (TPSA) is 36.5 Å². The molecule has 0 aliphatic carbocycles. The van der Waals surface area contributed by atoms with Gasteiger partial charge in [0.05, 0.1) is 12.2 Å². The number of rotatable bonds is 6. The van der Waals surface area contributed by atoms with Crippen LogP contribution in [-0.2, 0) is 5.41 Å². The lowest BCUT2D eigenvalue weighted by Gasteiger charge is -2.29. The second-order valence-corrected chi connectivity index (χ2v) is 8.95. The molecular weight excluding hydrogens is 358 g/mol. The van der Waals surface area contributed by atoms with Gasteiger partial charge < -0.3 is 20.3 Å². The van der Waals surface area contributed by atoms with Crippen LogP contribution in [0, 0.1) is 0 Å². The zero-order valence-electron chi connectivity index (χ0n) is 18.3. The molecule has 2 aromatic rings. The predicted molar refractivity (Wildman–Crippen MR) is 125 cm³/mol. The molecule has 0 fully saturated rings. The third-order valence-corrected chi connectivity index (χ3v) is 4.92. The van der Waals surface area contributed by atoms with Gasteiger partial charge in [-0.05, 0) is 54.9 Å². The normalized spacial score (nSPS) is 16.3. The minimum atomic E-state index is 0.166. The number of anilines is 2. The molecular formula is C25H33N3O. The average molecular weight is 392 g/mol. The van der Waals surface area contributed by atoms with Crippen LogP contribution in [0.5, 0.6) is 5.75 Å². The standard InChI is InChI=1S/C25H33N3O/c1-18(7-8-19-9-11-20(12-10-19)25(2,3)4)27-21-13-14-24-23(15-21)26-16-22(29-24)17-28(5)6/h7-15,22,26-27H,1,16-17H2,2-6H3/b8-7+. The number of allylic oxidation sites excluding steroid dienone is 1. The fourth-order valence-electron chi connectivity index (χ4n) is 3.32. The second-order valence-electron chi connectivity index (χ2n) is 8.95. The van der Waals surface area contributed by atoms with Crippen molar-refractivity contribution >= 4 is 17.5 Å². The molecule has 154 valence electrons. The minimum Gasteiger partial charge on any atom is -0.485 e. The molecule has 0 saturated carbocycles. The Labute approximate surface area is 175 Å². The van der Waals surface area contributed by atoms with Crippen molar-refractivity contribution in [2.75, 3.05) is 37.8 Å². The lowest BCUT2D eigenvalue weighted by Crippen LogP contribution is -2.38. The van der Waals surface area contributed by atoms with Gasteiger partial charge in [0.2, 0.25) is 0 Å². The molecule has 4 nitrogen and oxygen atoms in total. The summed E-state index contributed by atoms with van der Waals surface area (Å²) in [7, 11) is 4.12. The number of hydrogen-bond donors (Lipinski definition) is 2. The highest BCUT2D eigenvalue weighted by Gasteiger charge is 2.20. The summed E-state index contributed by atoms with van der Waals surface area (Å²) >= 11 is 0. The van der Waals surface area contributed by atoms with Crippen molar-refractivity contribution < 1.29 is 4.74 Å². The van der Waals surface area contributed by atoms with Gasteiger partial charge in [0.1, 0.15) is 11.9 Å². The van der Waals surface area contributed by atoms with E-state index in [2.05, 4.69) is 93.4 Å². The smallest absolute Gasteiger partial charge is 0.143 e. The highest BCUT2D eigenvalue weighted by Crippen LogP contribution is 2.32. The maximum absolute atomic E-state index is 6.07. The summed E-state index contributed by atoms with van der Waals surface area (Å²) in [6, 6.07) is 14.8. The summed E-state index contributed by atoms with van der Waals surface area (Å²) in [6.45, 7) is 12.5. The van der Waals surface area contributed by atoms with Crippen molar-refractivity contribution in [2.24, 2.45) is 0 Å². The molecule has 4 heteroatoms. The molecule has 1 heterocycles. The molecule has 0 aromatic heterocycles. The first-order valence-corrected chi connectivity index (χ1v) is 10.1. The van der Waals surface area contributed by atoms with E-state index in [4.69, 9.17) is 4.74 Å². The molecule has 0 saturated heterocycles. The first-order valence-electron chi connectivity index (χ1n) is 10.1. The predicted octanol–water partition coefficient (Wildman–Crippen LogP) is 5.36. The van der Waals surface area contributed by atoms with E-state index in [1.165, 1.54) is 5.56 Å². The van der Waals surface area contributed by atoms with Gasteiger partial charge in [-0.1, -0.05) is 57.7 Å². The SMILES string of the molecule is C=C(/C=C/c1ccc(C(C)(C)C)cc1)Nc1ccc2c(c1)NCC(CN(C)C)O2. The number of hydrogen-bond acceptors (Lipinski definition) is 4. The van der Waals surface area contributed by atoms with Crippen LogP contribution in [-0.4, -0.2) is 38.2 Å². The Morgan fingerprint density at radius 2 is 1.93 bits per heavy atom. The third-order valence-electron chi connectivity index (χ3n) is 4.92. The van der Waals surface area contributed by atoms with Gasteiger partial charge in [0.25, 0.3) is 0 Å². The molecule has 1 aliphatic heterocycles. The number of fused-ring (bicyclic) bond motifs is 1. The highest BCUT2D eigenvalue weighted by atomic mass is 16.5. The van der Waals surface area contributed by atoms with Crippen LogP contribution in [0.15, 0.2) is 60.8 Å². The minimum absolute atomic E-state index is 0.166. The molecule has 0 radical (unpaired) electrons. The van der Waals surface area contributed by atoms with Crippen LogP contribution in [0.4, 0.5) is 11.4 Å². The van der Waals surface area contributed by atoms with Gasteiger partial charge in [-0.3, -0.25) is 0 Å². The number of nitrogens with one attached hydrogen (secondary N) is 2. The van der Waals surface area contributed by atoms with Crippen LogP contribution in [0.2, 0.25) is 0 Å². The van der Waals surface area contributed by atoms with Crippen LogP contribution >= 0.6 is 0 Å². The maximum Gasteiger partial charge on any atom is 0.143 e. The van der Waals surface area contributed by atoms with Gasteiger partial charge in [-0.25, -0.2) is 0 Å². The van der Waals surface area contributed by atoms with Crippen molar-refractivity contribution in [3.8, 4) is 5.75 Å². The summed E-state index contributed by atoms with van der Waals surface area (Å²) in [5, 5.41) is 6.82. The van der Waals surface area contributed by atoms with Gasteiger partial charge in [-0.15, -0.1) is 0 Å². The quantitative estimate of drug-likeness (QED) is 0.650. The van der Waals surface area contributed by atoms with E-state index >= 15 is 0 Å². The average Bonchev–Trinajstić information content (AvgIpc) is 2.65. The van der Waals surface area contributed by atoms with E-state index in [0.717, 1.165) is 41.5 Å². The molecule has 2 N–H and O–H groups in total. The third kappa shape index (κ3) is 5.88. The fraction of sp³-hybridized carbons (Fsp3) is 0.360. The molecule has 0 amide bonds. The first-order chi connectivity index (χ1) is 13.7. The maximum atomic E-state index is 6.07. The van der Waals surface area contributed by atoms with Crippen LogP contribution < -0.4 is 15.4 Å². The van der Waals surface area contributed by atoms with Crippen molar-refractivity contribution in [3.63, 3.8) is 0 Å². The summed E-state index contributed by atoms with van der Waals surface area (Å²) in [6.07, 6.45) is 4.24. The largest absolute Gasteiger partial charge is 0.485 e. The molecule has 2 aromatic carbocycles. The van der Waals surface area contributed by atoms with Crippen molar-refractivity contribution in [1.82, 2.24) is 4.90 Å². The Bertz CT molecular complexity index is 876. The highest BCUT2D eigenvalue weighted by molar-refractivity contribution is 5.68. The van der Waals surface area contributed by atoms with Crippen molar-refractivity contribution in [2.45, 2.75) is 32.3 Å². The van der Waals surface area contributed by atoms with E-state index in [-0.39, 0.29) is 11.5 Å². The Kier molecular flexibility index (Phi) is 6.33. The molecule has 29 heavy (non-hydrogen) atoms. The lowest BCUT2D eigenvalue weighted by atomic mass is 9.87. The lowest BCUT2D eigenvalue weighted by molar-refractivity contribution is 0.164. The zero-order chi connectivity index (χ0) is 21.0. The van der Waals surface area contributed by atoms with Crippen molar-refractivity contribution in [3.05, 3.63) is 71.9 Å². The summed E-state index contributed by atoms with van der Waals surface area (Å²) < 4.78 is 6.07. The molecule has 1 atom stereocenters. The van der Waals surface area contributed by atoms with E-state index < -0.39 is 0 Å². The van der Waals surface area contributed by atoms with Crippen molar-refractivity contribution in [1.29, 1.82) is 0 Å². The Hall–Kier alpha value is -2.72. The number of nitrogens with zero attached hydrogens (tertiary/aromatic N) is 1. The van der Waals surface area contributed by atoms with E-state index in [1.54, 1.807) is 0 Å². The Morgan fingerprint density at radius 3 is 2.59 bits per heavy atom. The van der Waals surface area contributed by atoms with Gasteiger partial charge in [0.15, 0.2) is 0 Å². The van der Waals surface area contributed by atoms with E-state index in [1.807, 2.05) is 18.2 Å². The molecule has 0 spiro atoms. The van der Waals surface area contributed by atoms with Gasteiger partial charge in [-0.2, -0.15) is 0 Å². The van der Waals surface area contributed by atoms with Crippen LogP contribution in [0.1, 0.15) is 31.9 Å². The van der Waals surface area contributed by atoms with E-state index in [0.29, 0.717) is 0 Å². The first kappa shape index (κ1) is 21.0. The Balaban J connectivity index is 1.59. The molecule has 1 aliphatic rings.